The lowest BCUT2D eigenvalue weighted by Gasteiger charge is -2.45. The molecule has 0 spiro atoms. The summed E-state index contributed by atoms with van der Waals surface area (Å²) in [4.78, 5) is 4.97. The van der Waals surface area contributed by atoms with Gasteiger partial charge in [0.1, 0.15) is 12.2 Å². The van der Waals surface area contributed by atoms with Crippen molar-refractivity contribution in [2.75, 3.05) is 16.5 Å². The average molecular weight is 843 g/mol. The topological polar surface area (TPSA) is 39.2 Å². The van der Waals surface area contributed by atoms with Gasteiger partial charge < -0.3 is 19.6 Å². The van der Waals surface area contributed by atoms with Crippen LogP contribution in [0.4, 0.5) is 24.5 Å². The zero-order valence-corrected chi connectivity index (χ0v) is 36.4. The van der Waals surface area contributed by atoms with Gasteiger partial charge in [0, 0.05) is 30.0 Å². The van der Waals surface area contributed by atoms with Crippen molar-refractivity contribution in [2.45, 2.75) is 72.2 Å². The van der Waals surface area contributed by atoms with Gasteiger partial charge >= 0.3 is 6.18 Å². The number of aliphatic hydroxyl groups excluding tert-OH is 1. The first-order valence-electron chi connectivity index (χ1n) is 21.5. The van der Waals surface area contributed by atoms with Crippen LogP contribution in [0.15, 0.2) is 170 Å². The van der Waals surface area contributed by atoms with E-state index in [1.54, 1.807) is 48.5 Å². The first-order valence-corrected chi connectivity index (χ1v) is 21.5. The van der Waals surface area contributed by atoms with E-state index >= 15 is 0 Å². The summed E-state index contributed by atoms with van der Waals surface area (Å²) in [5.41, 5.74) is 15.0. The molecule has 3 heterocycles. The van der Waals surface area contributed by atoms with E-state index in [1.165, 1.54) is 61.4 Å². The molecule has 0 aliphatic carbocycles. The molecule has 8 aromatic rings. The molecule has 3 aliphatic rings. The van der Waals surface area contributed by atoms with Crippen molar-refractivity contribution in [3.63, 3.8) is 0 Å². The monoisotopic (exact) mass is 842 g/mol. The largest absolute Gasteiger partial charge is 0.418 e. The van der Waals surface area contributed by atoms with Gasteiger partial charge in [0.15, 0.2) is 6.10 Å². The van der Waals surface area contributed by atoms with Gasteiger partial charge in [-0.2, -0.15) is 13.2 Å². The van der Waals surface area contributed by atoms with Gasteiger partial charge in [0.25, 0.3) is 0 Å². The van der Waals surface area contributed by atoms with Crippen LogP contribution in [0.1, 0.15) is 73.9 Å². The molecule has 3 aliphatic heterocycles. The first-order chi connectivity index (χ1) is 30.3. The van der Waals surface area contributed by atoms with E-state index in [-0.39, 0.29) is 17.8 Å². The molecule has 0 saturated carbocycles. The van der Waals surface area contributed by atoms with E-state index in [0.29, 0.717) is 21.5 Å². The van der Waals surface area contributed by atoms with E-state index in [2.05, 4.69) is 148 Å². The number of hydrogen-bond acceptors (Lipinski definition) is 4. The number of halogens is 3. The van der Waals surface area contributed by atoms with Crippen molar-refractivity contribution < 1.29 is 23.0 Å². The third-order valence-corrected chi connectivity index (χ3v) is 11.7. The summed E-state index contributed by atoms with van der Waals surface area (Å²) >= 11 is 0. The van der Waals surface area contributed by atoms with E-state index in [1.807, 2.05) is 18.2 Å². The number of fused-ring (bicyclic) bond motifs is 8. The van der Waals surface area contributed by atoms with Crippen molar-refractivity contribution in [1.29, 1.82) is 0 Å². The highest BCUT2D eigenvalue weighted by Crippen LogP contribution is 2.50. The third-order valence-electron chi connectivity index (χ3n) is 11.7. The Hall–Kier alpha value is -6.41. The fourth-order valence-electron chi connectivity index (χ4n) is 8.95. The summed E-state index contributed by atoms with van der Waals surface area (Å²) in [6, 6.07) is 56.4. The van der Waals surface area contributed by atoms with Crippen LogP contribution < -0.4 is 9.80 Å². The Morgan fingerprint density at radius 3 is 1.30 bits per heavy atom. The maximum absolute atomic E-state index is 12.9. The zero-order chi connectivity index (χ0) is 44.3. The van der Waals surface area contributed by atoms with Crippen molar-refractivity contribution in [3.8, 4) is 0 Å². The minimum Gasteiger partial charge on any atom is -0.379 e. The van der Waals surface area contributed by atoms with Gasteiger partial charge in [-0.15, -0.1) is 0 Å². The Kier molecular flexibility index (Phi) is 12.7. The van der Waals surface area contributed by atoms with E-state index in [9.17, 15) is 18.3 Å². The molecule has 1 saturated heterocycles. The summed E-state index contributed by atoms with van der Waals surface area (Å²) in [6.07, 6.45) is -6.66. The highest BCUT2D eigenvalue weighted by atomic mass is 19.4. The number of anilines is 2. The minimum absolute atomic E-state index is 0.0776. The predicted octanol–water partition coefficient (Wildman–Crippen LogP) is 14.3. The number of nitrogens with zero attached hydrogens (tertiary/aromatic N) is 2. The standard InChI is InChI=1S/C17H18N2.C16H11F3O.C14H12O.C9H12/c1-12-3-5-16-14(7-12)9-18-11-19(16)10-15-8-13(2)4-6-17(15)18;17-16(18,19)15(20)14-12-7-3-1-5-10(12)9-11-6-2-4-8-13(11)14;1-3-7-11(8-4-1)13-14(15-13)12-9-5-2-6-10-12;1-7-4-8(2)6-9(3)5-7/h3-8H,9-11H2,1-2H3;1-9,15,20H;1-10,13-14H;4-6H,1-3H3/t;;13-,14-;/m..0./s1. The van der Waals surface area contributed by atoms with Gasteiger partial charge in [-0.05, 0) is 96.6 Å². The lowest BCUT2D eigenvalue weighted by atomic mass is 9.93. The van der Waals surface area contributed by atoms with Crippen LogP contribution in [0.3, 0.4) is 0 Å². The van der Waals surface area contributed by atoms with Gasteiger partial charge in [-0.1, -0.05) is 179 Å². The molecule has 1 fully saturated rings. The van der Waals surface area contributed by atoms with Gasteiger partial charge in [-0.3, -0.25) is 0 Å². The summed E-state index contributed by atoms with van der Waals surface area (Å²) < 4.78 is 44.5. The van der Waals surface area contributed by atoms with E-state index in [4.69, 9.17) is 4.74 Å². The number of aliphatic hydroxyl groups is 1. The lowest BCUT2D eigenvalue weighted by Crippen LogP contribution is -2.46. The zero-order valence-electron chi connectivity index (χ0n) is 36.4. The molecule has 0 amide bonds. The molecule has 0 aromatic heterocycles. The van der Waals surface area contributed by atoms with Crippen LogP contribution in [0.5, 0.6) is 0 Å². The molecule has 8 aromatic carbocycles. The molecule has 7 heteroatoms. The molecule has 2 bridgehead atoms. The Labute approximate surface area is 368 Å². The highest BCUT2D eigenvalue weighted by molar-refractivity contribution is 6.02. The molecular weight excluding hydrogens is 790 g/mol. The number of rotatable bonds is 3. The van der Waals surface area contributed by atoms with Crippen LogP contribution in [-0.4, -0.2) is 18.0 Å². The SMILES string of the molecule is Cc1cc(C)cc(C)c1.Cc1ccc2c(c1)CN1CN2Cc2cc(C)ccc21.OC(c1c2ccccc2cc2ccccc12)C(F)(F)F.c1ccc([C@@H]2O[C@H]2c2ccccc2)cc1. The van der Waals surface area contributed by atoms with Crippen molar-refractivity contribution in [1.82, 2.24) is 0 Å². The second-order valence-electron chi connectivity index (χ2n) is 16.9. The van der Waals surface area contributed by atoms with Crippen LogP contribution in [0.2, 0.25) is 0 Å². The summed E-state index contributed by atoms with van der Waals surface area (Å²) in [7, 11) is 0. The summed E-state index contributed by atoms with van der Waals surface area (Å²) in [5, 5.41) is 12.0. The average Bonchev–Trinajstić information content (AvgIpc) is 4.07. The second-order valence-corrected chi connectivity index (χ2v) is 16.9. The Morgan fingerprint density at radius 2 is 0.889 bits per heavy atom. The fourth-order valence-corrected chi connectivity index (χ4v) is 8.95. The molecule has 1 unspecified atom stereocenters. The number of alkyl halides is 3. The number of aryl methyl sites for hydroxylation is 5. The molecule has 320 valence electrons. The summed E-state index contributed by atoms with van der Waals surface area (Å²) in [5.74, 6) is 0. The predicted molar refractivity (Wildman–Crippen MR) is 252 cm³/mol. The quantitative estimate of drug-likeness (QED) is 0.142. The lowest BCUT2D eigenvalue weighted by molar-refractivity contribution is -0.206. The van der Waals surface area contributed by atoms with E-state index < -0.39 is 12.3 Å². The third kappa shape index (κ3) is 10.1. The maximum Gasteiger partial charge on any atom is 0.418 e. The molecule has 63 heavy (non-hydrogen) atoms. The highest BCUT2D eigenvalue weighted by Gasteiger charge is 2.42. The molecule has 4 nitrogen and oxygen atoms in total. The number of hydrogen-bond donors (Lipinski definition) is 1. The van der Waals surface area contributed by atoms with E-state index in [0.717, 1.165) is 19.8 Å². The number of epoxide rings is 1. The van der Waals surface area contributed by atoms with Crippen molar-refractivity contribution >= 4 is 32.9 Å². The Morgan fingerprint density at radius 1 is 0.492 bits per heavy atom. The maximum atomic E-state index is 12.9. The molecule has 11 rings (SSSR count). The Bertz CT molecular complexity index is 2640. The molecule has 1 N–H and O–H groups in total. The number of benzene rings is 8. The van der Waals surface area contributed by atoms with Gasteiger partial charge in [-0.25, -0.2) is 0 Å². The van der Waals surface area contributed by atoms with Crippen LogP contribution >= 0.6 is 0 Å². The number of ether oxygens (including phenoxy) is 1. The van der Waals surface area contributed by atoms with Crippen LogP contribution in [0, 0.1) is 34.6 Å². The Balaban J connectivity index is 0.000000119. The molecule has 0 radical (unpaired) electrons. The van der Waals surface area contributed by atoms with Gasteiger partial charge in [0.2, 0.25) is 0 Å². The smallest absolute Gasteiger partial charge is 0.379 e. The molecule has 3 atom stereocenters. The summed E-state index contributed by atoms with van der Waals surface area (Å²) in [6.45, 7) is 13.8. The minimum atomic E-state index is -4.69. The second kappa shape index (κ2) is 18.5. The van der Waals surface area contributed by atoms with Crippen molar-refractivity contribution in [2.24, 2.45) is 0 Å². The fraction of sp³-hybridized carbons (Fsp3) is 0.214. The normalized spacial score (nSPS) is 16.3. The van der Waals surface area contributed by atoms with Crippen LogP contribution in [-0.2, 0) is 17.8 Å². The van der Waals surface area contributed by atoms with Crippen molar-refractivity contribution in [3.05, 3.63) is 225 Å². The van der Waals surface area contributed by atoms with Gasteiger partial charge in [0.05, 0.1) is 6.67 Å². The molecular formula is C56H53F3N2O2. The van der Waals surface area contributed by atoms with Crippen LogP contribution in [0.25, 0.3) is 21.5 Å². The first kappa shape index (κ1) is 43.2.